The van der Waals surface area contributed by atoms with Crippen molar-refractivity contribution in [3.63, 3.8) is 0 Å². The summed E-state index contributed by atoms with van der Waals surface area (Å²) in [4.78, 5) is 28.3. The number of ether oxygens (including phenoxy) is 1. The van der Waals surface area contributed by atoms with Gasteiger partial charge in [0.15, 0.2) is 6.61 Å². The highest BCUT2D eigenvalue weighted by molar-refractivity contribution is 5.96. The maximum absolute atomic E-state index is 13.8. The number of para-hydroxylation sites is 1. The van der Waals surface area contributed by atoms with E-state index in [4.69, 9.17) is 4.74 Å². The van der Waals surface area contributed by atoms with Crippen LogP contribution in [0.1, 0.15) is 15.9 Å². The van der Waals surface area contributed by atoms with Crippen molar-refractivity contribution in [2.75, 3.05) is 11.9 Å². The maximum Gasteiger partial charge on any atom is 0.342 e. The van der Waals surface area contributed by atoms with Crippen molar-refractivity contribution in [2.45, 2.75) is 6.54 Å². The van der Waals surface area contributed by atoms with Gasteiger partial charge in [0.1, 0.15) is 23.0 Å². The number of amides is 1. The molecule has 0 aliphatic carbocycles. The topological polar surface area (TPSA) is 80.3 Å². The first kappa shape index (κ1) is 19.9. The fourth-order valence-electron chi connectivity index (χ4n) is 2.46. The van der Waals surface area contributed by atoms with Gasteiger partial charge in [-0.3, -0.25) is 4.79 Å². The van der Waals surface area contributed by atoms with E-state index >= 15 is 0 Å². The molecule has 3 rings (SSSR count). The van der Waals surface area contributed by atoms with Crippen LogP contribution in [0.15, 0.2) is 66.9 Å². The monoisotopic (exact) mass is 397 g/mol. The van der Waals surface area contributed by atoms with Gasteiger partial charge in [-0.15, -0.1) is 0 Å². The Labute approximate surface area is 165 Å². The van der Waals surface area contributed by atoms with Crippen LogP contribution < -0.4 is 10.6 Å². The van der Waals surface area contributed by atoms with E-state index in [-0.39, 0.29) is 23.6 Å². The zero-order valence-electron chi connectivity index (χ0n) is 15.2. The summed E-state index contributed by atoms with van der Waals surface area (Å²) in [5.74, 6) is -2.25. The average Bonchev–Trinajstić information content (AvgIpc) is 2.73. The predicted molar refractivity (Wildman–Crippen MR) is 102 cm³/mol. The molecule has 1 heterocycles. The lowest BCUT2D eigenvalue weighted by atomic mass is 10.2. The van der Waals surface area contributed by atoms with E-state index < -0.39 is 30.1 Å². The number of carbonyl (C=O) groups excluding carboxylic acids is 2. The van der Waals surface area contributed by atoms with Crippen LogP contribution in [0.3, 0.4) is 0 Å². The third kappa shape index (κ3) is 5.35. The van der Waals surface area contributed by atoms with Crippen molar-refractivity contribution in [3.05, 3.63) is 89.6 Å². The molecule has 0 fully saturated rings. The number of esters is 1. The highest BCUT2D eigenvalue weighted by atomic mass is 19.1. The van der Waals surface area contributed by atoms with Crippen LogP contribution in [0.4, 0.5) is 20.3 Å². The zero-order chi connectivity index (χ0) is 20.6. The molecule has 29 heavy (non-hydrogen) atoms. The molecule has 2 aromatic carbocycles. The van der Waals surface area contributed by atoms with Crippen LogP contribution in [0.25, 0.3) is 0 Å². The number of anilines is 2. The van der Waals surface area contributed by atoms with Crippen molar-refractivity contribution in [1.82, 2.24) is 10.3 Å². The molecule has 0 aliphatic heterocycles. The summed E-state index contributed by atoms with van der Waals surface area (Å²) in [5.41, 5.74) is 0.497. The van der Waals surface area contributed by atoms with Crippen molar-refractivity contribution in [2.24, 2.45) is 0 Å². The number of hydrogen-bond acceptors (Lipinski definition) is 5. The fourth-order valence-corrected chi connectivity index (χ4v) is 2.46. The lowest BCUT2D eigenvalue weighted by molar-refractivity contribution is -0.124. The van der Waals surface area contributed by atoms with E-state index in [1.165, 1.54) is 48.7 Å². The van der Waals surface area contributed by atoms with Gasteiger partial charge in [-0.05, 0) is 30.3 Å². The number of aromatic nitrogens is 1. The minimum Gasteiger partial charge on any atom is -0.452 e. The van der Waals surface area contributed by atoms with Crippen LogP contribution in [-0.2, 0) is 16.1 Å². The molecule has 1 aromatic heterocycles. The first-order valence-electron chi connectivity index (χ1n) is 8.68. The highest BCUT2D eigenvalue weighted by Crippen LogP contribution is 2.21. The van der Waals surface area contributed by atoms with Crippen LogP contribution >= 0.6 is 0 Å². The Bertz CT molecular complexity index is 1030. The minimum absolute atomic E-state index is 0.0317. The minimum atomic E-state index is -0.807. The van der Waals surface area contributed by atoms with Gasteiger partial charge in [-0.2, -0.15) is 0 Å². The number of carbonyl (C=O) groups is 2. The van der Waals surface area contributed by atoms with Crippen LogP contribution in [0, 0.1) is 11.6 Å². The van der Waals surface area contributed by atoms with E-state index in [2.05, 4.69) is 15.6 Å². The Kier molecular flexibility index (Phi) is 6.47. The van der Waals surface area contributed by atoms with Gasteiger partial charge in [0.25, 0.3) is 5.91 Å². The number of halogens is 2. The van der Waals surface area contributed by atoms with Crippen LogP contribution in [0.5, 0.6) is 0 Å². The summed E-state index contributed by atoms with van der Waals surface area (Å²) in [7, 11) is 0. The van der Waals surface area contributed by atoms with E-state index in [1.807, 2.05) is 0 Å². The molecule has 148 valence electrons. The van der Waals surface area contributed by atoms with E-state index in [1.54, 1.807) is 18.2 Å². The molecule has 8 heteroatoms. The summed E-state index contributed by atoms with van der Waals surface area (Å²) < 4.78 is 32.4. The Balaban J connectivity index is 1.59. The fraction of sp³-hybridized carbons (Fsp3) is 0.0952. The van der Waals surface area contributed by atoms with Gasteiger partial charge < -0.3 is 15.4 Å². The number of pyridine rings is 1. The van der Waals surface area contributed by atoms with Crippen molar-refractivity contribution in [3.8, 4) is 0 Å². The molecular formula is C21H17F2N3O3. The molecule has 0 atom stereocenters. The molecule has 0 saturated carbocycles. The van der Waals surface area contributed by atoms with E-state index in [9.17, 15) is 18.4 Å². The molecule has 0 spiro atoms. The zero-order valence-corrected chi connectivity index (χ0v) is 15.2. The first-order chi connectivity index (χ1) is 14.0. The summed E-state index contributed by atoms with van der Waals surface area (Å²) in [6, 6.07) is 14.9. The molecule has 6 nitrogen and oxygen atoms in total. The summed E-state index contributed by atoms with van der Waals surface area (Å²) in [6.07, 6.45) is 1.43. The second-order valence-corrected chi connectivity index (χ2v) is 5.95. The van der Waals surface area contributed by atoms with Gasteiger partial charge in [0, 0.05) is 18.3 Å². The Hall–Kier alpha value is -3.81. The highest BCUT2D eigenvalue weighted by Gasteiger charge is 2.16. The van der Waals surface area contributed by atoms with E-state index in [0.29, 0.717) is 5.56 Å². The van der Waals surface area contributed by atoms with Crippen LogP contribution in [-0.4, -0.2) is 23.5 Å². The van der Waals surface area contributed by atoms with Gasteiger partial charge in [0.2, 0.25) is 0 Å². The molecule has 0 unspecified atom stereocenters. The van der Waals surface area contributed by atoms with Crippen molar-refractivity contribution in [1.29, 1.82) is 0 Å². The number of nitrogens with one attached hydrogen (secondary N) is 2. The van der Waals surface area contributed by atoms with Crippen LogP contribution in [0.2, 0.25) is 0 Å². The molecule has 0 aliphatic rings. The van der Waals surface area contributed by atoms with Gasteiger partial charge in [-0.1, -0.05) is 30.3 Å². The lowest BCUT2D eigenvalue weighted by Gasteiger charge is -2.11. The average molecular weight is 397 g/mol. The molecule has 0 bridgehead atoms. The lowest BCUT2D eigenvalue weighted by Crippen LogP contribution is -2.28. The molecule has 1 amide bonds. The second kappa shape index (κ2) is 9.41. The number of benzene rings is 2. The second-order valence-electron chi connectivity index (χ2n) is 5.95. The maximum atomic E-state index is 13.8. The van der Waals surface area contributed by atoms with Gasteiger partial charge >= 0.3 is 5.97 Å². The molecule has 3 aromatic rings. The SMILES string of the molecule is O=C(COC(=O)c1cccnc1Nc1ccccc1F)NCc1ccccc1F. The standard InChI is InChI=1S/C21H17F2N3O3/c22-16-8-2-1-6-14(16)12-25-19(27)13-29-21(28)15-7-5-11-24-20(15)26-18-10-4-3-9-17(18)23/h1-11H,12-13H2,(H,24,26)(H,25,27). The first-order valence-corrected chi connectivity index (χ1v) is 8.68. The Morgan fingerprint density at radius 2 is 1.66 bits per heavy atom. The van der Waals surface area contributed by atoms with Gasteiger partial charge in [-0.25, -0.2) is 18.6 Å². The normalized spacial score (nSPS) is 10.3. The molecule has 2 N–H and O–H groups in total. The predicted octanol–water partition coefficient (Wildman–Crippen LogP) is 3.58. The Morgan fingerprint density at radius 3 is 2.41 bits per heavy atom. The largest absolute Gasteiger partial charge is 0.452 e. The van der Waals surface area contributed by atoms with Crippen molar-refractivity contribution >= 4 is 23.4 Å². The third-order valence-corrected chi connectivity index (χ3v) is 3.92. The summed E-state index contributed by atoms with van der Waals surface area (Å²) in [6.45, 7) is -0.586. The molecule has 0 radical (unpaired) electrons. The third-order valence-electron chi connectivity index (χ3n) is 3.92. The van der Waals surface area contributed by atoms with Crippen molar-refractivity contribution < 1.29 is 23.1 Å². The number of hydrogen-bond donors (Lipinski definition) is 2. The summed E-state index contributed by atoms with van der Waals surface area (Å²) >= 11 is 0. The quantitative estimate of drug-likeness (QED) is 0.596. The van der Waals surface area contributed by atoms with E-state index in [0.717, 1.165) is 0 Å². The van der Waals surface area contributed by atoms with Gasteiger partial charge in [0.05, 0.1) is 5.69 Å². The molecule has 0 saturated heterocycles. The smallest absolute Gasteiger partial charge is 0.342 e. The Morgan fingerprint density at radius 1 is 0.931 bits per heavy atom. The molecular weight excluding hydrogens is 380 g/mol. The number of nitrogens with zero attached hydrogens (tertiary/aromatic N) is 1. The number of rotatable bonds is 7. The summed E-state index contributed by atoms with van der Waals surface area (Å²) in [5, 5.41) is 5.20.